The van der Waals surface area contributed by atoms with Crippen molar-refractivity contribution in [2.24, 2.45) is 9.98 Å². The van der Waals surface area contributed by atoms with Gasteiger partial charge in [0.15, 0.2) is 0 Å². The zero-order valence-corrected chi connectivity index (χ0v) is 26.9. The van der Waals surface area contributed by atoms with Crippen LogP contribution in [0.15, 0.2) is 137 Å². The molecule has 0 saturated carbocycles. The maximum atomic E-state index is 5.03. The Bertz CT molecular complexity index is 2570. The number of aryl methyl sites for hydroxylation is 2. The number of rotatable bonds is 6. The Labute approximate surface area is 278 Å². The van der Waals surface area contributed by atoms with Crippen LogP contribution in [-0.4, -0.2) is 26.5 Å². The van der Waals surface area contributed by atoms with Crippen molar-refractivity contribution in [1.82, 2.24) is 14.1 Å². The quantitative estimate of drug-likeness (QED) is 0.135. The number of hydrogen-bond acceptors (Lipinski definition) is 3. The smallest absolute Gasteiger partial charge is 0.0731 e. The summed E-state index contributed by atoms with van der Waals surface area (Å²) in [6.07, 6.45) is 3.90. The third-order valence-electron chi connectivity index (χ3n) is 9.53. The van der Waals surface area contributed by atoms with E-state index in [0.29, 0.717) is 0 Å². The molecule has 0 N–H and O–H groups in total. The van der Waals surface area contributed by atoms with Gasteiger partial charge in [-0.1, -0.05) is 60.7 Å². The molecule has 0 aliphatic heterocycles. The molecule has 0 saturated heterocycles. The van der Waals surface area contributed by atoms with Crippen LogP contribution in [0.5, 0.6) is 0 Å². The van der Waals surface area contributed by atoms with Gasteiger partial charge in [-0.15, -0.1) is 0 Å². The van der Waals surface area contributed by atoms with Gasteiger partial charge in [-0.05, 0) is 91.7 Å². The summed E-state index contributed by atoms with van der Waals surface area (Å²) in [5.41, 5.74) is 10.8. The Morgan fingerprint density at radius 2 is 0.938 bits per heavy atom. The molecule has 0 aliphatic rings. The highest BCUT2D eigenvalue weighted by Gasteiger charge is 2.11. The van der Waals surface area contributed by atoms with Crippen LogP contribution in [0.3, 0.4) is 0 Å². The number of pyridine rings is 1. The monoisotopic (exact) mass is 619 g/mol. The number of benzene rings is 6. The van der Waals surface area contributed by atoms with E-state index in [1.807, 2.05) is 12.4 Å². The van der Waals surface area contributed by atoms with Crippen LogP contribution in [0.1, 0.15) is 25.0 Å². The molecule has 9 rings (SSSR count). The third-order valence-corrected chi connectivity index (χ3v) is 9.53. The SMILES string of the molecule is CCn1c2ccccc2c2cc(C=Nc3ccc4cc5ccc(N=Cc6ccc7c(c6)c6ccccc6n7CC)cc5nc4c3)ccc21. The molecule has 5 heteroatoms. The fourth-order valence-corrected chi connectivity index (χ4v) is 7.24. The van der Waals surface area contributed by atoms with E-state index < -0.39 is 0 Å². The van der Waals surface area contributed by atoms with Gasteiger partial charge in [-0.25, -0.2) is 4.98 Å². The first-order chi connectivity index (χ1) is 23.7. The molecule has 0 fully saturated rings. The van der Waals surface area contributed by atoms with Crippen LogP contribution in [0, 0.1) is 0 Å². The van der Waals surface area contributed by atoms with Gasteiger partial charge in [0.1, 0.15) is 0 Å². The standard InChI is InChI=1S/C43H33N5/c1-3-47-40-11-7-5-9-34(40)36-21-28(13-19-42(36)47)26-44-32-17-15-30-23-31-16-18-33(25-39(31)46-38(30)24-32)45-27-29-14-20-43-37(22-29)35-10-6-8-12-41(35)48(43)4-2/h5-27H,3-4H2,1-2H3. The van der Waals surface area contributed by atoms with Crippen molar-refractivity contribution in [2.75, 3.05) is 0 Å². The van der Waals surface area contributed by atoms with Gasteiger partial charge in [-0.2, -0.15) is 0 Å². The van der Waals surface area contributed by atoms with Crippen LogP contribution in [-0.2, 0) is 13.1 Å². The second-order valence-corrected chi connectivity index (χ2v) is 12.3. The van der Waals surface area contributed by atoms with E-state index >= 15 is 0 Å². The summed E-state index contributed by atoms with van der Waals surface area (Å²) in [6.45, 7) is 6.26. The highest BCUT2D eigenvalue weighted by Crippen LogP contribution is 2.32. The molecule has 3 aromatic heterocycles. The molecule has 3 heterocycles. The predicted molar refractivity (Wildman–Crippen MR) is 204 cm³/mol. The van der Waals surface area contributed by atoms with Gasteiger partial charge in [0.25, 0.3) is 0 Å². The van der Waals surface area contributed by atoms with E-state index in [4.69, 9.17) is 15.0 Å². The van der Waals surface area contributed by atoms with Crippen molar-refractivity contribution in [3.63, 3.8) is 0 Å². The number of nitrogens with zero attached hydrogens (tertiary/aromatic N) is 5. The lowest BCUT2D eigenvalue weighted by Crippen LogP contribution is -1.92. The fourth-order valence-electron chi connectivity index (χ4n) is 7.24. The average molecular weight is 620 g/mol. The summed E-state index contributed by atoms with van der Waals surface area (Å²) in [4.78, 5) is 14.7. The van der Waals surface area contributed by atoms with Crippen molar-refractivity contribution < 1.29 is 0 Å². The summed E-state index contributed by atoms with van der Waals surface area (Å²) >= 11 is 0. The highest BCUT2D eigenvalue weighted by molar-refractivity contribution is 6.10. The molecule has 230 valence electrons. The second kappa shape index (κ2) is 11.3. The Morgan fingerprint density at radius 1 is 0.479 bits per heavy atom. The highest BCUT2D eigenvalue weighted by atomic mass is 15.0. The summed E-state index contributed by atoms with van der Waals surface area (Å²) in [6, 6.07) is 45.0. The zero-order valence-electron chi connectivity index (χ0n) is 26.9. The maximum absolute atomic E-state index is 5.03. The minimum Gasteiger partial charge on any atom is -0.341 e. The normalized spacial score (nSPS) is 12.4. The van der Waals surface area contributed by atoms with Crippen LogP contribution in [0.4, 0.5) is 11.4 Å². The minimum atomic E-state index is 0.874. The van der Waals surface area contributed by atoms with Crippen molar-refractivity contribution in [3.8, 4) is 0 Å². The molecule has 0 spiro atoms. The predicted octanol–water partition coefficient (Wildman–Crippen LogP) is 11.1. The Hall–Kier alpha value is -6.07. The number of aliphatic imine (C=N–C) groups is 2. The number of para-hydroxylation sites is 2. The summed E-state index contributed by atoms with van der Waals surface area (Å²) < 4.78 is 4.74. The first kappa shape index (κ1) is 28.2. The van der Waals surface area contributed by atoms with Crippen LogP contribution < -0.4 is 0 Å². The molecule has 0 bridgehead atoms. The van der Waals surface area contributed by atoms with Crippen molar-refractivity contribution in [3.05, 3.63) is 139 Å². The Balaban J connectivity index is 1.01. The molecule has 0 radical (unpaired) electrons. The fraction of sp³-hybridized carbons (Fsp3) is 0.0930. The van der Waals surface area contributed by atoms with Crippen molar-refractivity contribution in [2.45, 2.75) is 26.9 Å². The lowest BCUT2D eigenvalue weighted by Gasteiger charge is -2.04. The van der Waals surface area contributed by atoms with E-state index in [9.17, 15) is 0 Å². The Morgan fingerprint density at radius 3 is 1.42 bits per heavy atom. The molecule has 0 atom stereocenters. The largest absolute Gasteiger partial charge is 0.341 e. The summed E-state index contributed by atoms with van der Waals surface area (Å²) in [5.74, 6) is 0. The molecule has 0 amide bonds. The van der Waals surface area contributed by atoms with Crippen molar-refractivity contribution >= 4 is 89.2 Å². The van der Waals surface area contributed by atoms with Crippen LogP contribution >= 0.6 is 0 Å². The number of aromatic nitrogens is 3. The first-order valence-electron chi connectivity index (χ1n) is 16.6. The molecular weight excluding hydrogens is 587 g/mol. The lowest BCUT2D eigenvalue weighted by atomic mass is 10.1. The van der Waals surface area contributed by atoms with Gasteiger partial charge < -0.3 is 9.13 Å². The van der Waals surface area contributed by atoms with Crippen LogP contribution in [0.2, 0.25) is 0 Å². The van der Waals surface area contributed by atoms with Gasteiger partial charge in [0.05, 0.1) is 22.4 Å². The number of fused-ring (bicyclic) bond motifs is 8. The Kier molecular flexibility index (Phi) is 6.64. The summed E-state index contributed by atoms with van der Waals surface area (Å²) in [7, 11) is 0. The summed E-state index contributed by atoms with van der Waals surface area (Å²) in [5, 5.41) is 7.24. The van der Waals surface area contributed by atoms with Gasteiger partial charge >= 0.3 is 0 Å². The maximum Gasteiger partial charge on any atom is 0.0731 e. The van der Waals surface area contributed by atoms with E-state index in [1.54, 1.807) is 0 Å². The molecule has 9 aromatic rings. The molecule has 5 nitrogen and oxygen atoms in total. The van der Waals surface area contributed by atoms with Gasteiger partial charge in [-0.3, -0.25) is 9.98 Å². The van der Waals surface area contributed by atoms with E-state index in [-0.39, 0.29) is 0 Å². The van der Waals surface area contributed by atoms with E-state index in [0.717, 1.165) is 57.4 Å². The first-order valence-corrected chi connectivity index (χ1v) is 16.6. The zero-order chi connectivity index (χ0) is 32.2. The third kappa shape index (κ3) is 4.66. The average Bonchev–Trinajstić information content (AvgIpc) is 3.63. The van der Waals surface area contributed by atoms with E-state index in [1.165, 1.54) is 43.6 Å². The molecular formula is C43H33N5. The van der Waals surface area contributed by atoms with Gasteiger partial charge in [0, 0.05) is 79.9 Å². The van der Waals surface area contributed by atoms with Crippen molar-refractivity contribution in [1.29, 1.82) is 0 Å². The van der Waals surface area contributed by atoms with E-state index in [2.05, 4.69) is 150 Å². The lowest BCUT2D eigenvalue weighted by molar-refractivity contribution is 0.827. The molecule has 0 unspecified atom stereocenters. The molecule has 48 heavy (non-hydrogen) atoms. The molecule has 0 aliphatic carbocycles. The van der Waals surface area contributed by atoms with Gasteiger partial charge in [0.2, 0.25) is 0 Å². The number of hydrogen-bond donors (Lipinski definition) is 0. The minimum absolute atomic E-state index is 0.874. The second-order valence-electron chi connectivity index (χ2n) is 12.3. The van der Waals surface area contributed by atoms with Crippen LogP contribution in [0.25, 0.3) is 65.4 Å². The molecule has 6 aromatic carbocycles. The topological polar surface area (TPSA) is 47.5 Å².